The smallest absolute Gasteiger partial charge is 0.257 e. The minimum Gasteiger partial charge on any atom is -0.398 e. The van der Waals surface area contributed by atoms with E-state index in [-0.39, 0.29) is 17.0 Å². The summed E-state index contributed by atoms with van der Waals surface area (Å²) in [7, 11) is 0. The van der Waals surface area contributed by atoms with Gasteiger partial charge in [0.25, 0.3) is 5.91 Å². The van der Waals surface area contributed by atoms with Gasteiger partial charge >= 0.3 is 0 Å². The summed E-state index contributed by atoms with van der Waals surface area (Å²) < 4.78 is 26.1. The van der Waals surface area contributed by atoms with Gasteiger partial charge in [-0.25, -0.2) is 8.78 Å². The molecule has 21 heavy (non-hydrogen) atoms. The Bertz CT molecular complexity index is 730. The van der Waals surface area contributed by atoms with E-state index in [1.54, 1.807) is 18.2 Å². The number of benzene rings is 2. The highest BCUT2D eigenvalue weighted by atomic mass is 19.2. The average molecular weight is 290 g/mol. The molecule has 0 aliphatic carbocycles. The Morgan fingerprint density at radius 3 is 2.43 bits per heavy atom. The van der Waals surface area contributed by atoms with Crippen molar-refractivity contribution in [2.45, 2.75) is 6.92 Å². The van der Waals surface area contributed by atoms with Gasteiger partial charge in [-0.1, -0.05) is 12.1 Å². The summed E-state index contributed by atoms with van der Waals surface area (Å²) in [4.78, 5) is 23.3. The van der Waals surface area contributed by atoms with E-state index < -0.39 is 17.5 Å². The number of nitrogens with two attached hydrogens (primary N) is 1. The van der Waals surface area contributed by atoms with Crippen LogP contribution in [0.25, 0.3) is 0 Å². The third kappa shape index (κ3) is 3.22. The number of Topliss-reactive ketones (excluding diaryl/α,β-unsaturated/α-hetero) is 1. The van der Waals surface area contributed by atoms with E-state index in [1.165, 1.54) is 13.0 Å². The third-order valence-corrected chi connectivity index (χ3v) is 2.86. The summed E-state index contributed by atoms with van der Waals surface area (Å²) in [5, 5.41) is 2.48. The predicted molar refractivity (Wildman–Crippen MR) is 75.2 cm³/mol. The molecule has 0 aliphatic heterocycles. The quantitative estimate of drug-likeness (QED) is 0.674. The molecular formula is C15H12F2N2O2. The first-order chi connectivity index (χ1) is 9.88. The number of nitrogens with one attached hydrogen (secondary N) is 1. The van der Waals surface area contributed by atoms with E-state index in [2.05, 4.69) is 5.32 Å². The Hall–Kier alpha value is -2.76. The van der Waals surface area contributed by atoms with Gasteiger partial charge in [0.05, 0.1) is 5.56 Å². The number of hydrogen-bond donors (Lipinski definition) is 2. The normalized spacial score (nSPS) is 10.2. The van der Waals surface area contributed by atoms with Crippen LogP contribution in [0.1, 0.15) is 27.6 Å². The number of carbonyl (C=O) groups is 2. The molecule has 0 fully saturated rings. The average Bonchev–Trinajstić information content (AvgIpc) is 2.43. The molecule has 0 saturated carbocycles. The van der Waals surface area contributed by atoms with E-state index in [4.69, 9.17) is 5.73 Å². The standard InChI is InChI=1S/C15H12F2N2O2/c1-8(20)9-3-2-4-10(5-9)19-15(21)11-6-12(16)13(17)7-14(11)18/h2-7H,18H2,1H3,(H,19,21). The summed E-state index contributed by atoms with van der Waals surface area (Å²) in [5.41, 5.74) is 5.93. The highest BCUT2D eigenvalue weighted by molar-refractivity contribution is 6.08. The van der Waals surface area contributed by atoms with Crippen LogP contribution in [0, 0.1) is 11.6 Å². The molecule has 0 heterocycles. The van der Waals surface area contributed by atoms with E-state index in [9.17, 15) is 18.4 Å². The largest absolute Gasteiger partial charge is 0.398 e. The van der Waals surface area contributed by atoms with Crippen LogP contribution in [0.15, 0.2) is 36.4 Å². The lowest BCUT2D eigenvalue weighted by Gasteiger charge is -2.09. The number of nitrogen functional groups attached to an aromatic ring is 1. The fourth-order valence-electron chi connectivity index (χ4n) is 1.77. The van der Waals surface area contributed by atoms with Crippen molar-refractivity contribution in [1.29, 1.82) is 0 Å². The topological polar surface area (TPSA) is 72.2 Å². The van der Waals surface area contributed by atoms with Crippen LogP contribution in [0.4, 0.5) is 20.2 Å². The van der Waals surface area contributed by atoms with Gasteiger partial charge < -0.3 is 11.1 Å². The van der Waals surface area contributed by atoms with Gasteiger partial charge in [-0.2, -0.15) is 0 Å². The molecule has 0 spiro atoms. The molecule has 2 rings (SSSR count). The first-order valence-electron chi connectivity index (χ1n) is 6.05. The molecule has 4 nitrogen and oxygen atoms in total. The predicted octanol–water partition coefficient (Wildman–Crippen LogP) is 3.00. The molecule has 0 aromatic heterocycles. The zero-order valence-electron chi connectivity index (χ0n) is 11.1. The van der Waals surface area contributed by atoms with E-state index in [0.29, 0.717) is 11.3 Å². The number of rotatable bonds is 3. The second-order valence-electron chi connectivity index (χ2n) is 4.44. The summed E-state index contributed by atoms with van der Waals surface area (Å²) in [6, 6.07) is 7.73. The monoisotopic (exact) mass is 290 g/mol. The van der Waals surface area contributed by atoms with Crippen LogP contribution in [0.3, 0.4) is 0 Å². The molecule has 1 amide bonds. The zero-order chi connectivity index (χ0) is 15.6. The first-order valence-corrected chi connectivity index (χ1v) is 6.05. The number of anilines is 2. The maximum Gasteiger partial charge on any atom is 0.257 e. The Morgan fingerprint density at radius 2 is 1.76 bits per heavy atom. The summed E-state index contributed by atoms with van der Waals surface area (Å²) in [6.07, 6.45) is 0. The van der Waals surface area contributed by atoms with Crippen LogP contribution in [0.5, 0.6) is 0 Å². The molecule has 108 valence electrons. The highest BCUT2D eigenvalue weighted by Gasteiger charge is 2.15. The maximum atomic E-state index is 13.2. The second-order valence-corrected chi connectivity index (χ2v) is 4.44. The van der Waals surface area contributed by atoms with Crippen LogP contribution in [-0.2, 0) is 0 Å². The summed E-state index contributed by atoms with van der Waals surface area (Å²) in [6.45, 7) is 1.40. The molecule has 0 atom stereocenters. The number of halogens is 2. The van der Waals surface area contributed by atoms with Crippen molar-refractivity contribution in [3.63, 3.8) is 0 Å². The van der Waals surface area contributed by atoms with Gasteiger partial charge in [0.2, 0.25) is 0 Å². The first kappa shape index (κ1) is 14.6. The zero-order valence-corrected chi connectivity index (χ0v) is 11.1. The van der Waals surface area contributed by atoms with Crippen LogP contribution in [-0.4, -0.2) is 11.7 Å². The van der Waals surface area contributed by atoms with Gasteiger partial charge in [0.1, 0.15) is 0 Å². The van der Waals surface area contributed by atoms with E-state index in [1.807, 2.05) is 0 Å². The Morgan fingerprint density at radius 1 is 1.10 bits per heavy atom. The fraction of sp³-hybridized carbons (Fsp3) is 0.0667. The van der Waals surface area contributed by atoms with Crippen molar-refractivity contribution in [2.75, 3.05) is 11.1 Å². The molecule has 0 radical (unpaired) electrons. The molecular weight excluding hydrogens is 278 g/mol. The van der Waals surface area contributed by atoms with Crippen LogP contribution >= 0.6 is 0 Å². The van der Waals surface area contributed by atoms with Gasteiger partial charge in [0, 0.05) is 23.0 Å². The Kier molecular flexibility index (Phi) is 3.98. The van der Waals surface area contributed by atoms with Gasteiger partial charge in [-0.05, 0) is 25.1 Å². The summed E-state index contributed by atoms with van der Waals surface area (Å²) >= 11 is 0. The molecule has 2 aromatic rings. The molecule has 0 aliphatic rings. The molecule has 0 unspecified atom stereocenters. The van der Waals surface area contributed by atoms with E-state index in [0.717, 1.165) is 12.1 Å². The van der Waals surface area contributed by atoms with Gasteiger partial charge in [-0.3, -0.25) is 9.59 Å². The number of amides is 1. The minimum atomic E-state index is -1.16. The maximum absolute atomic E-state index is 13.2. The number of carbonyl (C=O) groups excluding carboxylic acids is 2. The number of ketones is 1. The SMILES string of the molecule is CC(=O)c1cccc(NC(=O)c2cc(F)c(F)cc2N)c1. The fourth-order valence-corrected chi connectivity index (χ4v) is 1.77. The van der Waals surface area contributed by atoms with Gasteiger partial charge in [-0.15, -0.1) is 0 Å². The van der Waals surface area contributed by atoms with E-state index >= 15 is 0 Å². The van der Waals surface area contributed by atoms with Crippen molar-refractivity contribution in [2.24, 2.45) is 0 Å². The lowest BCUT2D eigenvalue weighted by atomic mass is 10.1. The number of hydrogen-bond acceptors (Lipinski definition) is 3. The lowest BCUT2D eigenvalue weighted by Crippen LogP contribution is -2.15. The van der Waals surface area contributed by atoms with Crippen molar-refractivity contribution in [3.05, 3.63) is 59.2 Å². The Balaban J connectivity index is 2.28. The molecule has 6 heteroatoms. The molecule has 3 N–H and O–H groups in total. The van der Waals surface area contributed by atoms with Crippen molar-refractivity contribution in [1.82, 2.24) is 0 Å². The van der Waals surface area contributed by atoms with Crippen LogP contribution in [0.2, 0.25) is 0 Å². The van der Waals surface area contributed by atoms with Crippen molar-refractivity contribution >= 4 is 23.1 Å². The third-order valence-electron chi connectivity index (χ3n) is 2.86. The second kappa shape index (κ2) is 5.70. The van der Waals surface area contributed by atoms with Crippen LogP contribution < -0.4 is 11.1 Å². The van der Waals surface area contributed by atoms with Crippen molar-refractivity contribution < 1.29 is 18.4 Å². The van der Waals surface area contributed by atoms with Crippen molar-refractivity contribution in [3.8, 4) is 0 Å². The highest BCUT2D eigenvalue weighted by Crippen LogP contribution is 2.19. The minimum absolute atomic E-state index is 0.154. The molecule has 0 saturated heterocycles. The molecule has 2 aromatic carbocycles. The Labute approximate surface area is 119 Å². The molecule has 0 bridgehead atoms. The summed E-state index contributed by atoms with van der Waals surface area (Å²) in [5.74, 6) is -3.12. The van der Waals surface area contributed by atoms with Gasteiger partial charge in [0.15, 0.2) is 17.4 Å². The lowest BCUT2D eigenvalue weighted by molar-refractivity contribution is 0.101.